The van der Waals surface area contributed by atoms with Crippen molar-refractivity contribution in [1.82, 2.24) is 15.2 Å². The van der Waals surface area contributed by atoms with Crippen LogP contribution in [0, 0.1) is 0 Å². The molecule has 2 aromatic heterocycles. The van der Waals surface area contributed by atoms with Crippen LogP contribution in [0.15, 0.2) is 51.7 Å². The molecule has 2 heterocycles. The van der Waals surface area contributed by atoms with E-state index in [0.29, 0.717) is 0 Å². The summed E-state index contributed by atoms with van der Waals surface area (Å²) in [7, 11) is 0. The molecule has 2 N–H and O–H groups in total. The summed E-state index contributed by atoms with van der Waals surface area (Å²) in [4.78, 5) is 18.2. The second-order valence-corrected chi connectivity index (χ2v) is 8.83. The van der Waals surface area contributed by atoms with Gasteiger partial charge in [0.25, 0.3) is 0 Å². The van der Waals surface area contributed by atoms with Crippen molar-refractivity contribution in [2.24, 2.45) is 4.99 Å². The lowest BCUT2D eigenvalue weighted by atomic mass is 9.73. The number of hydrogen-bond acceptors (Lipinski definition) is 3. The Morgan fingerprint density at radius 1 is 1.13 bits per heavy atom. The number of thiophene rings is 1. The van der Waals surface area contributed by atoms with E-state index in [2.05, 4.69) is 35.1 Å². The van der Waals surface area contributed by atoms with Crippen LogP contribution in [0.3, 0.4) is 0 Å². The van der Waals surface area contributed by atoms with Crippen molar-refractivity contribution in [2.75, 3.05) is 19.6 Å². The highest BCUT2D eigenvalue weighted by Crippen LogP contribution is 2.41. The molecule has 3 rings (SSSR count). The third-order valence-corrected chi connectivity index (χ3v) is 6.87. The number of aryl methyl sites for hydroxylation is 1. The summed E-state index contributed by atoms with van der Waals surface area (Å²) >= 11 is 1.88. The molecule has 0 amide bonds. The Bertz CT molecular complexity index is 813. The van der Waals surface area contributed by atoms with Crippen LogP contribution in [0.5, 0.6) is 0 Å². The van der Waals surface area contributed by atoms with Gasteiger partial charge in [-0.1, -0.05) is 31.4 Å². The number of nitrogens with zero attached hydrogens (tertiary/aromatic N) is 2. The molecule has 0 radical (unpaired) electrons. The van der Waals surface area contributed by atoms with Crippen LogP contribution < -0.4 is 16.2 Å². The molecule has 1 saturated carbocycles. The lowest BCUT2D eigenvalue weighted by Gasteiger charge is -2.35. The van der Waals surface area contributed by atoms with E-state index in [1.165, 1.54) is 37.0 Å². The Hall–Kier alpha value is -1.35. The Morgan fingerprint density at radius 3 is 2.67 bits per heavy atom. The number of unbranched alkanes of at least 4 members (excludes halogenated alkanes) is 1. The summed E-state index contributed by atoms with van der Waals surface area (Å²) in [5, 5.41) is 9.06. The maximum atomic E-state index is 11.8. The number of pyridine rings is 1. The first kappa shape index (κ1) is 24.9. The van der Waals surface area contributed by atoms with Crippen molar-refractivity contribution >= 4 is 41.3 Å². The molecule has 1 fully saturated rings. The molecular weight excluding hydrogens is 507 g/mol. The van der Waals surface area contributed by atoms with Crippen LogP contribution in [-0.4, -0.2) is 30.2 Å². The highest BCUT2D eigenvalue weighted by Gasteiger charge is 2.34. The van der Waals surface area contributed by atoms with Crippen LogP contribution >= 0.6 is 35.3 Å². The monoisotopic (exact) mass is 542 g/mol. The number of halogens is 1. The van der Waals surface area contributed by atoms with Crippen molar-refractivity contribution in [3.8, 4) is 0 Å². The molecule has 1 aliphatic carbocycles. The molecule has 0 aromatic carbocycles. The highest BCUT2D eigenvalue weighted by molar-refractivity contribution is 14.0. The molecule has 0 bridgehead atoms. The van der Waals surface area contributed by atoms with E-state index in [4.69, 9.17) is 4.99 Å². The second-order valence-electron chi connectivity index (χ2n) is 7.88. The van der Waals surface area contributed by atoms with Crippen molar-refractivity contribution in [3.63, 3.8) is 0 Å². The first-order valence-corrected chi connectivity index (χ1v) is 11.8. The van der Waals surface area contributed by atoms with Crippen molar-refractivity contribution in [3.05, 3.63) is 57.1 Å². The van der Waals surface area contributed by atoms with E-state index in [0.717, 1.165) is 45.0 Å². The van der Waals surface area contributed by atoms with Crippen molar-refractivity contribution in [1.29, 1.82) is 0 Å². The normalized spacial score (nSPS) is 16.0. The largest absolute Gasteiger partial charge is 0.357 e. The van der Waals surface area contributed by atoms with E-state index in [1.807, 2.05) is 23.6 Å². The van der Waals surface area contributed by atoms with Gasteiger partial charge in [0, 0.05) is 42.2 Å². The van der Waals surface area contributed by atoms with Gasteiger partial charge in [0.05, 0.1) is 6.54 Å². The van der Waals surface area contributed by atoms with Gasteiger partial charge in [0.1, 0.15) is 0 Å². The number of aromatic nitrogens is 1. The van der Waals surface area contributed by atoms with Gasteiger partial charge in [-0.2, -0.15) is 0 Å². The predicted molar refractivity (Wildman–Crippen MR) is 138 cm³/mol. The molecule has 0 aliphatic heterocycles. The minimum atomic E-state index is 0. The average molecular weight is 543 g/mol. The number of aliphatic imine (C=N–C) groups is 1. The molecule has 0 atom stereocenters. The third kappa shape index (κ3) is 7.11. The molecular formula is C23H35IN4OS. The molecule has 2 aromatic rings. The summed E-state index contributed by atoms with van der Waals surface area (Å²) in [6, 6.07) is 9.76. The van der Waals surface area contributed by atoms with Gasteiger partial charge < -0.3 is 15.2 Å². The standard InChI is InChI=1S/C23H34N4OS.HI/c1-2-24-22(25-15-7-9-17-27-16-8-4-12-21(27)28)26-19-23(13-5-3-6-14-23)20-11-10-18-29-20;/h4,8,10-12,16,18H,2-3,5-7,9,13-15,17,19H2,1H3,(H2,24,25,26);1H. The van der Waals surface area contributed by atoms with Gasteiger partial charge in [-0.05, 0) is 50.1 Å². The van der Waals surface area contributed by atoms with Gasteiger partial charge in [-0.25, -0.2) is 0 Å². The van der Waals surface area contributed by atoms with Crippen LogP contribution in [0.1, 0.15) is 56.7 Å². The fraction of sp³-hybridized carbons (Fsp3) is 0.565. The predicted octanol–water partition coefficient (Wildman–Crippen LogP) is 4.77. The second kappa shape index (κ2) is 13.1. The van der Waals surface area contributed by atoms with Crippen LogP contribution in [-0.2, 0) is 12.0 Å². The highest BCUT2D eigenvalue weighted by atomic mass is 127. The summed E-state index contributed by atoms with van der Waals surface area (Å²) in [6.07, 6.45) is 10.3. The van der Waals surface area contributed by atoms with E-state index in [9.17, 15) is 4.79 Å². The van der Waals surface area contributed by atoms with Crippen LogP contribution in [0.25, 0.3) is 0 Å². The summed E-state index contributed by atoms with van der Waals surface area (Å²) < 4.78 is 1.77. The Kier molecular flexibility index (Phi) is 10.9. The summed E-state index contributed by atoms with van der Waals surface area (Å²) in [5.41, 5.74) is 0.283. The van der Waals surface area contributed by atoms with E-state index < -0.39 is 0 Å². The van der Waals surface area contributed by atoms with E-state index in [-0.39, 0.29) is 35.0 Å². The first-order valence-electron chi connectivity index (χ1n) is 11.0. The number of hydrogen-bond donors (Lipinski definition) is 2. The first-order chi connectivity index (χ1) is 14.2. The fourth-order valence-corrected chi connectivity index (χ4v) is 5.10. The minimum absolute atomic E-state index is 0. The maximum absolute atomic E-state index is 11.8. The summed E-state index contributed by atoms with van der Waals surface area (Å²) in [5.74, 6) is 0.908. The SMILES string of the molecule is CCNC(=NCC1(c2cccs2)CCCCC1)NCCCCn1ccccc1=O.I. The average Bonchev–Trinajstić information content (AvgIpc) is 3.29. The molecule has 0 spiro atoms. The van der Waals surface area contributed by atoms with Gasteiger partial charge >= 0.3 is 0 Å². The fourth-order valence-electron chi connectivity index (χ4n) is 4.12. The Labute approximate surface area is 201 Å². The van der Waals surface area contributed by atoms with Gasteiger partial charge in [0.15, 0.2) is 5.96 Å². The maximum Gasteiger partial charge on any atom is 0.250 e. The molecule has 7 heteroatoms. The number of rotatable bonds is 9. The van der Waals surface area contributed by atoms with Gasteiger partial charge in [-0.15, -0.1) is 35.3 Å². The zero-order valence-corrected chi connectivity index (χ0v) is 21.1. The third-order valence-electron chi connectivity index (χ3n) is 5.76. The molecule has 1 aliphatic rings. The Balaban J connectivity index is 0.00000320. The van der Waals surface area contributed by atoms with Crippen molar-refractivity contribution in [2.45, 2.75) is 63.8 Å². The molecule has 0 unspecified atom stereocenters. The number of guanidine groups is 1. The molecule has 5 nitrogen and oxygen atoms in total. The lowest BCUT2D eigenvalue weighted by Crippen LogP contribution is -2.40. The topological polar surface area (TPSA) is 58.4 Å². The van der Waals surface area contributed by atoms with Gasteiger partial charge in [-0.3, -0.25) is 9.79 Å². The number of nitrogens with one attached hydrogen (secondary N) is 2. The van der Waals surface area contributed by atoms with E-state index in [1.54, 1.807) is 16.7 Å². The minimum Gasteiger partial charge on any atom is -0.357 e. The van der Waals surface area contributed by atoms with Crippen LogP contribution in [0.4, 0.5) is 0 Å². The Morgan fingerprint density at radius 2 is 1.97 bits per heavy atom. The van der Waals surface area contributed by atoms with Gasteiger partial charge in [0.2, 0.25) is 5.56 Å². The van der Waals surface area contributed by atoms with E-state index >= 15 is 0 Å². The molecule has 30 heavy (non-hydrogen) atoms. The summed E-state index contributed by atoms with van der Waals surface area (Å²) in [6.45, 7) is 5.43. The quantitative estimate of drug-likeness (QED) is 0.208. The molecule has 166 valence electrons. The van der Waals surface area contributed by atoms with Crippen molar-refractivity contribution < 1.29 is 0 Å². The molecule has 0 saturated heterocycles. The smallest absolute Gasteiger partial charge is 0.250 e. The zero-order valence-electron chi connectivity index (χ0n) is 17.9. The van der Waals surface area contributed by atoms with Crippen LogP contribution in [0.2, 0.25) is 0 Å². The lowest BCUT2D eigenvalue weighted by molar-refractivity contribution is 0.306. The zero-order chi connectivity index (χ0) is 20.4.